The molecule has 0 aliphatic carbocycles. The first-order chi connectivity index (χ1) is 12.7. The van der Waals surface area contributed by atoms with Crippen LogP contribution in [0.15, 0.2) is 12.1 Å². The minimum atomic E-state index is -0.667. The Hall–Kier alpha value is -2.39. The number of hydrogen-bond acceptors (Lipinski definition) is 7. The van der Waals surface area contributed by atoms with Crippen LogP contribution in [0.2, 0.25) is 0 Å². The van der Waals surface area contributed by atoms with Crippen molar-refractivity contribution in [3.8, 4) is 11.6 Å². The van der Waals surface area contributed by atoms with E-state index < -0.39 is 12.2 Å². The third-order valence-corrected chi connectivity index (χ3v) is 4.57. The first kappa shape index (κ1) is 17.0. The van der Waals surface area contributed by atoms with Crippen LogP contribution in [0, 0.1) is 0 Å². The molecule has 0 saturated carbocycles. The fraction of sp³-hybridized carbons (Fsp3) is 0.588. The number of amides is 2. The third kappa shape index (κ3) is 3.58. The molecule has 2 fully saturated rings. The van der Waals surface area contributed by atoms with Crippen LogP contribution in [-0.4, -0.2) is 73.4 Å². The van der Waals surface area contributed by atoms with Crippen LogP contribution in [0.4, 0.5) is 5.82 Å². The van der Waals surface area contributed by atoms with Crippen LogP contribution in [0.3, 0.4) is 0 Å². The second-order valence-electron chi connectivity index (χ2n) is 6.31. The second kappa shape index (κ2) is 7.46. The maximum atomic E-state index is 12.5. The van der Waals surface area contributed by atoms with E-state index in [2.05, 4.69) is 10.3 Å². The number of nitrogens with zero attached hydrogens (tertiary/aromatic N) is 2. The number of ether oxygens (including phenoxy) is 4. The van der Waals surface area contributed by atoms with Crippen molar-refractivity contribution >= 4 is 17.6 Å². The topological polar surface area (TPSA) is 99.2 Å². The number of nitrogens with one attached hydrogen (secondary N) is 1. The normalized spacial score (nSPS) is 25.0. The summed E-state index contributed by atoms with van der Waals surface area (Å²) in [4.78, 5) is 30.9. The maximum Gasteiger partial charge on any atom is 0.259 e. The molecule has 2 amide bonds. The van der Waals surface area contributed by atoms with Gasteiger partial charge in [0.25, 0.3) is 17.7 Å². The lowest BCUT2D eigenvalue weighted by molar-refractivity contribution is -0.148. The Balaban J connectivity index is 1.33. The number of rotatable bonds is 3. The molecular weight excluding hydrogens is 342 g/mol. The summed E-state index contributed by atoms with van der Waals surface area (Å²) >= 11 is 0. The van der Waals surface area contributed by atoms with E-state index in [1.54, 1.807) is 17.0 Å². The van der Waals surface area contributed by atoms with E-state index >= 15 is 0 Å². The van der Waals surface area contributed by atoms with Crippen LogP contribution in [0.5, 0.6) is 11.6 Å². The summed E-state index contributed by atoms with van der Waals surface area (Å²) in [6, 6.07) is 3.36. The summed E-state index contributed by atoms with van der Waals surface area (Å²) in [5.74, 6) is 0.905. The Morgan fingerprint density at radius 2 is 1.81 bits per heavy atom. The van der Waals surface area contributed by atoms with Crippen molar-refractivity contribution in [2.45, 2.75) is 25.0 Å². The quantitative estimate of drug-likeness (QED) is 0.819. The Labute approximate surface area is 150 Å². The van der Waals surface area contributed by atoms with E-state index in [1.165, 1.54) is 0 Å². The number of carbonyl (C=O) groups excluding carboxylic acids is 2. The van der Waals surface area contributed by atoms with Crippen LogP contribution in [0.25, 0.3) is 0 Å². The number of hydrogen-bond donors (Lipinski definition) is 1. The van der Waals surface area contributed by atoms with Gasteiger partial charge in [0.05, 0.1) is 13.2 Å². The molecule has 2 atom stereocenters. The van der Waals surface area contributed by atoms with E-state index in [4.69, 9.17) is 18.9 Å². The molecule has 2 saturated heterocycles. The molecule has 9 nitrogen and oxygen atoms in total. The summed E-state index contributed by atoms with van der Waals surface area (Å²) in [5, 5.41) is 2.72. The van der Waals surface area contributed by atoms with Gasteiger partial charge in [0.15, 0.2) is 5.75 Å². The number of aromatic nitrogens is 1. The average Bonchev–Trinajstić information content (AvgIpc) is 3.18. The van der Waals surface area contributed by atoms with Crippen molar-refractivity contribution in [3.63, 3.8) is 0 Å². The zero-order valence-electron chi connectivity index (χ0n) is 14.3. The highest BCUT2D eigenvalue weighted by atomic mass is 16.6. The summed E-state index contributed by atoms with van der Waals surface area (Å²) in [5.41, 5.74) is 0. The predicted molar refractivity (Wildman–Crippen MR) is 89.2 cm³/mol. The van der Waals surface area contributed by atoms with Crippen molar-refractivity contribution in [1.29, 1.82) is 0 Å². The molecule has 0 aromatic carbocycles. The van der Waals surface area contributed by atoms with Gasteiger partial charge in [-0.05, 0) is 25.0 Å². The fourth-order valence-corrected chi connectivity index (χ4v) is 3.21. The van der Waals surface area contributed by atoms with Gasteiger partial charge < -0.3 is 29.2 Å². The lowest BCUT2D eigenvalue weighted by Crippen LogP contribution is -2.46. The molecule has 1 N–H and O–H groups in total. The van der Waals surface area contributed by atoms with Crippen LogP contribution in [0.1, 0.15) is 12.8 Å². The number of pyridine rings is 1. The lowest BCUT2D eigenvalue weighted by Gasteiger charge is -2.29. The zero-order chi connectivity index (χ0) is 17.9. The molecular formula is C17H21N3O6. The second-order valence-corrected chi connectivity index (χ2v) is 6.31. The molecule has 9 heteroatoms. The van der Waals surface area contributed by atoms with E-state index in [1.807, 2.05) is 0 Å². The highest BCUT2D eigenvalue weighted by Gasteiger charge is 2.37. The molecule has 3 aliphatic rings. The highest BCUT2D eigenvalue weighted by Crippen LogP contribution is 2.29. The Bertz CT molecular complexity index is 691. The summed E-state index contributed by atoms with van der Waals surface area (Å²) in [7, 11) is 0. The van der Waals surface area contributed by atoms with Gasteiger partial charge in [-0.25, -0.2) is 0 Å². The Kier molecular flexibility index (Phi) is 4.89. The molecule has 26 heavy (non-hydrogen) atoms. The van der Waals surface area contributed by atoms with Crippen LogP contribution >= 0.6 is 0 Å². The Morgan fingerprint density at radius 1 is 1.04 bits per heavy atom. The van der Waals surface area contributed by atoms with Crippen molar-refractivity contribution < 1.29 is 28.5 Å². The first-order valence-corrected chi connectivity index (χ1v) is 8.80. The van der Waals surface area contributed by atoms with Gasteiger partial charge in [0.2, 0.25) is 0 Å². The minimum absolute atomic E-state index is 0.0685. The molecule has 0 spiro atoms. The molecule has 0 unspecified atom stereocenters. The highest BCUT2D eigenvalue weighted by molar-refractivity contribution is 5.94. The van der Waals surface area contributed by atoms with Crippen LogP contribution in [-0.2, 0) is 19.1 Å². The summed E-state index contributed by atoms with van der Waals surface area (Å²) < 4.78 is 21.8. The van der Waals surface area contributed by atoms with Gasteiger partial charge in [0, 0.05) is 13.1 Å². The van der Waals surface area contributed by atoms with E-state index in [9.17, 15) is 9.59 Å². The summed E-state index contributed by atoms with van der Waals surface area (Å²) in [6.45, 7) is 3.12. The average molecular weight is 363 g/mol. The molecule has 4 rings (SSSR count). The Morgan fingerprint density at radius 3 is 2.65 bits per heavy atom. The molecule has 1 aromatic heterocycles. The van der Waals surface area contributed by atoms with Gasteiger partial charge in [-0.2, -0.15) is 4.98 Å². The monoisotopic (exact) mass is 363 g/mol. The zero-order valence-corrected chi connectivity index (χ0v) is 14.3. The van der Waals surface area contributed by atoms with E-state index in [0.717, 1.165) is 0 Å². The van der Waals surface area contributed by atoms with Gasteiger partial charge in [-0.15, -0.1) is 0 Å². The predicted octanol–water partition coefficient (Wildman–Crippen LogP) is 0.198. The number of carbonyl (C=O) groups is 2. The molecule has 140 valence electrons. The first-order valence-electron chi connectivity index (χ1n) is 8.80. The maximum absolute atomic E-state index is 12.5. The van der Waals surface area contributed by atoms with Crippen molar-refractivity contribution in [2.75, 3.05) is 44.8 Å². The number of fused-ring (bicyclic) bond motifs is 1. The number of morpholine rings is 1. The van der Waals surface area contributed by atoms with Gasteiger partial charge in [0.1, 0.15) is 31.2 Å². The third-order valence-electron chi connectivity index (χ3n) is 4.57. The van der Waals surface area contributed by atoms with E-state index in [0.29, 0.717) is 69.8 Å². The minimum Gasteiger partial charge on any atom is -0.484 e. The van der Waals surface area contributed by atoms with Crippen molar-refractivity contribution in [1.82, 2.24) is 9.88 Å². The van der Waals surface area contributed by atoms with Crippen molar-refractivity contribution in [3.05, 3.63) is 12.1 Å². The standard InChI is InChI=1S/C17H21N3O6/c21-15(18-14-4-3-12-16(19-14)25-10-9-24-12)11-1-2-13(26-11)17(22)20-5-7-23-8-6-20/h3-4,11,13H,1-2,5-10H2,(H,18,19,21)/t11-,13+/m0/s1. The van der Waals surface area contributed by atoms with Crippen molar-refractivity contribution in [2.24, 2.45) is 0 Å². The number of anilines is 1. The fourth-order valence-electron chi connectivity index (χ4n) is 3.21. The lowest BCUT2D eigenvalue weighted by atomic mass is 10.1. The molecule has 4 heterocycles. The summed E-state index contributed by atoms with van der Waals surface area (Å²) in [6.07, 6.45) is -0.211. The van der Waals surface area contributed by atoms with Crippen LogP contribution < -0.4 is 14.8 Å². The smallest absolute Gasteiger partial charge is 0.259 e. The molecule has 1 aromatic rings. The van der Waals surface area contributed by atoms with Gasteiger partial charge in [-0.1, -0.05) is 0 Å². The molecule has 3 aliphatic heterocycles. The largest absolute Gasteiger partial charge is 0.484 e. The molecule has 0 bridgehead atoms. The SMILES string of the molecule is O=C(Nc1ccc2c(n1)OCCO2)[C@@H]1CC[C@H](C(=O)N2CCOCC2)O1. The van der Waals surface area contributed by atoms with Gasteiger partial charge in [-0.3, -0.25) is 9.59 Å². The van der Waals surface area contributed by atoms with Gasteiger partial charge >= 0.3 is 0 Å². The van der Waals surface area contributed by atoms with E-state index in [-0.39, 0.29) is 11.8 Å². The molecule has 0 radical (unpaired) electrons.